The lowest BCUT2D eigenvalue weighted by molar-refractivity contribution is 0.103. The van der Waals surface area contributed by atoms with Crippen LogP contribution in [0.3, 0.4) is 0 Å². The molecular weight excluding hydrogens is 216 g/mol. The van der Waals surface area contributed by atoms with E-state index in [0.29, 0.717) is 0 Å². The van der Waals surface area contributed by atoms with Crippen molar-refractivity contribution in [3.05, 3.63) is 0 Å². The van der Waals surface area contributed by atoms with Crippen LogP contribution in [0.1, 0.15) is 53.4 Å². The molecule has 0 radical (unpaired) electrons. The van der Waals surface area contributed by atoms with Gasteiger partial charge in [0.15, 0.2) is 0 Å². The molecule has 0 unspecified atom stereocenters. The number of unbranched alkanes of at least 4 members (excludes halogenated alkanes) is 3. The average Bonchev–Trinajstić information content (AvgIpc) is 1.94. The van der Waals surface area contributed by atoms with E-state index < -0.39 is 21.5 Å². The van der Waals surface area contributed by atoms with E-state index >= 15 is 0 Å². The maximum absolute atomic E-state index is 10.0. The SMILES string of the molecule is CC(C)(O)CS(=O)(=O)O.CCCCCC. The van der Waals surface area contributed by atoms with Gasteiger partial charge in [-0.05, 0) is 13.8 Å². The van der Waals surface area contributed by atoms with Gasteiger partial charge in [-0.1, -0.05) is 39.5 Å². The van der Waals surface area contributed by atoms with Crippen LogP contribution in [0.15, 0.2) is 0 Å². The minimum Gasteiger partial charge on any atom is -0.389 e. The number of hydrogen-bond acceptors (Lipinski definition) is 3. The van der Waals surface area contributed by atoms with Crippen molar-refractivity contribution in [2.24, 2.45) is 0 Å². The lowest BCUT2D eigenvalue weighted by Crippen LogP contribution is -2.29. The van der Waals surface area contributed by atoms with Crippen molar-refractivity contribution >= 4 is 10.1 Å². The molecule has 0 aliphatic heterocycles. The molecule has 0 spiro atoms. The molecule has 0 fully saturated rings. The Hall–Kier alpha value is -0.130. The first kappa shape index (κ1) is 17.3. The van der Waals surface area contributed by atoms with Gasteiger partial charge in [0, 0.05) is 0 Å². The summed E-state index contributed by atoms with van der Waals surface area (Å²) in [4.78, 5) is 0. The van der Waals surface area contributed by atoms with Crippen LogP contribution >= 0.6 is 0 Å². The molecule has 5 heteroatoms. The first-order valence-corrected chi connectivity index (χ1v) is 6.91. The van der Waals surface area contributed by atoms with E-state index in [1.807, 2.05) is 0 Å². The molecule has 0 bridgehead atoms. The zero-order valence-corrected chi connectivity index (χ0v) is 11.0. The average molecular weight is 240 g/mol. The van der Waals surface area contributed by atoms with Crippen molar-refractivity contribution < 1.29 is 18.1 Å². The van der Waals surface area contributed by atoms with Gasteiger partial charge < -0.3 is 5.11 Å². The normalized spacial score (nSPS) is 11.9. The Labute approximate surface area is 93.5 Å². The summed E-state index contributed by atoms with van der Waals surface area (Å²) in [6, 6.07) is 0. The molecule has 0 atom stereocenters. The quantitative estimate of drug-likeness (QED) is 0.571. The Morgan fingerprint density at radius 2 is 1.40 bits per heavy atom. The van der Waals surface area contributed by atoms with Gasteiger partial charge in [-0.15, -0.1) is 0 Å². The van der Waals surface area contributed by atoms with Crippen LogP contribution in [0.5, 0.6) is 0 Å². The summed E-state index contributed by atoms with van der Waals surface area (Å²) in [5.74, 6) is -0.625. The summed E-state index contributed by atoms with van der Waals surface area (Å²) in [6.45, 7) is 7.08. The lowest BCUT2D eigenvalue weighted by Gasteiger charge is -2.13. The van der Waals surface area contributed by atoms with E-state index in [2.05, 4.69) is 13.8 Å². The smallest absolute Gasteiger partial charge is 0.267 e. The standard InChI is InChI=1S/C6H14.C4H10O4S/c1-3-5-6-4-2;1-4(2,5)3-9(6,7)8/h3-6H2,1-2H3;5H,3H2,1-2H3,(H,6,7,8). The largest absolute Gasteiger partial charge is 0.389 e. The predicted molar refractivity (Wildman–Crippen MR) is 62.5 cm³/mol. The number of aliphatic hydroxyl groups is 1. The van der Waals surface area contributed by atoms with E-state index in [-0.39, 0.29) is 0 Å². The van der Waals surface area contributed by atoms with E-state index in [1.165, 1.54) is 39.5 Å². The second kappa shape index (κ2) is 8.07. The highest BCUT2D eigenvalue weighted by Crippen LogP contribution is 2.03. The molecule has 0 aliphatic rings. The predicted octanol–water partition coefficient (Wildman–Crippen LogP) is 2.23. The van der Waals surface area contributed by atoms with Crippen LogP contribution in [0.25, 0.3) is 0 Å². The molecule has 0 aromatic heterocycles. The van der Waals surface area contributed by atoms with Gasteiger partial charge in [-0.2, -0.15) is 8.42 Å². The summed E-state index contributed by atoms with van der Waals surface area (Å²) in [6.07, 6.45) is 5.54. The highest BCUT2D eigenvalue weighted by Gasteiger charge is 2.20. The molecule has 0 aromatic carbocycles. The van der Waals surface area contributed by atoms with Crippen LogP contribution < -0.4 is 0 Å². The topological polar surface area (TPSA) is 74.6 Å². The molecule has 0 rings (SSSR count). The van der Waals surface area contributed by atoms with Crippen molar-refractivity contribution in [2.45, 2.75) is 59.0 Å². The van der Waals surface area contributed by atoms with Crippen molar-refractivity contribution in [1.29, 1.82) is 0 Å². The maximum atomic E-state index is 10.0. The minimum absolute atomic E-state index is 0.625. The zero-order chi connectivity index (χ0) is 12.5. The van der Waals surface area contributed by atoms with Gasteiger partial charge in [0.25, 0.3) is 10.1 Å². The Morgan fingerprint density at radius 3 is 1.47 bits per heavy atom. The molecule has 4 nitrogen and oxygen atoms in total. The van der Waals surface area contributed by atoms with Crippen LogP contribution in [0.4, 0.5) is 0 Å². The Kier molecular flexibility index (Phi) is 9.29. The maximum Gasteiger partial charge on any atom is 0.267 e. The molecule has 94 valence electrons. The third-order valence-corrected chi connectivity index (χ3v) is 2.56. The number of hydrogen-bond donors (Lipinski definition) is 2. The summed E-state index contributed by atoms with van der Waals surface area (Å²) in [7, 11) is -4.03. The van der Waals surface area contributed by atoms with Crippen molar-refractivity contribution in [3.8, 4) is 0 Å². The minimum atomic E-state index is -4.03. The third-order valence-electron chi connectivity index (χ3n) is 1.49. The molecule has 0 saturated carbocycles. The Bertz CT molecular complexity index is 222. The van der Waals surface area contributed by atoms with Crippen LogP contribution in [0.2, 0.25) is 0 Å². The van der Waals surface area contributed by atoms with Gasteiger partial charge in [-0.3, -0.25) is 4.55 Å². The molecule has 2 N–H and O–H groups in total. The van der Waals surface area contributed by atoms with Gasteiger partial charge in [0.2, 0.25) is 0 Å². The Morgan fingerprint density at radius 1 is 1.07 bits per heavy atom. The Balaban J connectivity index is 0. The zero-order valence-electron chi connectivity index (χ0n) is 10.2. The fourth-order valence-electron chi connectivity index (χ4n) is 0.946. The highest BCUT2D eigenvalue weighted by atomic mass is 32.2. The summed E-state index contributed by atoms with van der Waals surface area (Å²) >= 11 is 0. The summed E-state index contributed by atoms with van der Waals surface area (Å²) < 4.78 is 28.3. The molecule has 15 heavy (non-hydrogen) atoms. The number of rotatable bonds is 5. The summed E-state index contributed by atoms with van der Waals surface area (Å²) in [5.41, 5.74) is -1.35. The fraction of sp³-hybridized carbons (Fsp3) is 1.00. The second-order valence-corrected chi connectivity index (χ2v) is 5.70. The van der Waals surface area contributed by atoms with Crippen LogP contribution in [-0.2, 0) is 10.1 Å². The van der Waals surface area contributed by atoms with Crippen molar-refractivity contribution in [2.75, 3.05) is 5.75 Å². The fourth-order valence-corrected chi connectivity index (χ4v) is 1.84. The first-order chi connectivity index (χ1) is 6.62. The molecule has 0 aliphatic carbocycles. The van der Waals surface area contributed by atoms with E-state index in [1.54, 1.807) is 0 Å². The van der Waals surface area contributed by atoms with Gasteiger partial charge >= 0.3 is 0 Å². The van der Waals surface area contributed by atoms with Crippen molar-refractivity contribution in [1.82, 2.24) is 0 Å². The van der Waals surface area contributed by atoms with Crippen LogP contribution in [0, 0.1) is 0 Å². The lowest BCUT2D eigenvalue weighted by atomic mass is 10.2. The van der Waals surface area contributed by atoms with Gasteiger partial charge in [0.05, 0.1) is 5.60 Å². The molecule has 0 saturated heterocycles. The summed E-state index contributed by atoms with van der Waals surface area (Å²) in [5, 5.41) is 8.81. The van der Waals surface area contributed by atoms with E-state index in [0.717, 1.165) is 0 Å². The second-order valence-electron chi connectivity index (χ2n) is 4.25. The first-order valence-electron chi connectivity index (χ1n) is 5.30. The highest BCUT2D eigenvalue weighted by molar-refractivity contribution is 7.85. The van der Waals surface area contributed by atoms with E-state index in [4.69, 9.17) is 9.66 Å². The van der Waals surface area contributed by atoms with Gasteiger partial charge in [0.1, 0.15) is 5.75 Å². The van der Waals surface area contributed by atoms with E-state index in [9.17, 15) is 8.42 Å². The van der Waals surface area contributed by atoms with Gasteiger partial charge in [-0.25, -0.2) is 0 Å². The van der Waals surface area contributed by atoms with Crippen LogP contribution in [-0.4, -0.2) is 29.4 Å². The van der Waals surface area contributed by atoms with Crippen molar-refractivity contribution in [3.63, 3.8) is 0 Å². The molecular formula is C10H24O4S. The molecule has 0 heterocycles. The monoisotopic (exact) mass is 240 g/mol. The third kappa shape index (κ3) is 24.8. The molecule has 0 aromatic rings. The molecule has 0 amide bonds.